The van der Waals surface area contributed by atoms with Crippen LogP contribution in [0.25, 0.3) is 0 Å². The average molecular weight is 375 g/mol. The normalized spacial score (nSPS) is 10.4. The topological polar surface area (TPSA) is 68.0 Å². The highest BCUT2D eigenvalue weighted by Gasteiger charge is 2.12. The van der Waals surface area contributed by atoms with Crippen LogP contribution < -0.4 is 11.1 Å². The Morgan fingerprint density at radius 2 is 1.90 bits per heavy atom. The predicted octanol–water partition coefficient (Wildman–Crippen LogP) is 4.29. The van der Waals surface area contributed by atoms with Gasteiger partial charge in [0.05, 0.1) is 27.6 Å². The van der Waals surface area contributed by atoms with Gasteiger partial charge in [-0.2, -0.15) is 0 Å². The van der Waals surface area contributed by atoms with Crippen LogP contribution in [0.4, 0.5) is 11.4 Å². The highest BCUT2D eigenvalue weighted by Crippen LogP contribution is 2.29. The van der Waals surface area contributed by atoms with Crippen LogP contribution in [0.2, 0.25) is 10.0 Å². The maximum atomic E-state index is 12.1. The van der Waals surface area contributed by atoms with E-state index in [1.807, 2.05) is 6.92 Å². The molecular formula is C13H10BrCl2N3O. The minimum Gasteiger partial charge on any atom is -0.396 e. The number of nitrogen functional groups attached to an aromatic ring is 1. The summed E-state index contributed by atoms with van der Waals surface area (Å²) in [5.41, 5.74) is 7.71. The number of amides is 1. The molecular weight excluding hydrogens is 365 g/mol. The molecule has 1 amide bonds. The van der Waals surface area contributed by atoms with E-state index in [-0.39, 0.29) is 21.6 Å². The zero-order valence-electron chi connectivity index (χ0n) is 10.4. The Balaban J connectivity index is 2.26. The molecule has 3 N–H and O–H groups in total. The summed E-state index contributed by atoms with van der Waals surface area (Å²) >= 11 is 15.1. The number of nitrogens with one attached hydrogen (secondary N) is 1. The molecule has 1 heterocycles. The van der Waals surface area contributed by atoms with Crippen molar-refractivity contribution in [3.63, 3.8) is 0 Å². The minimum atomic E-state index is -0.336. The lowest BCUT2D eigenvalue weighted by Crippen LogP contribution is -2.12. The van der Waals surface area contributed by atoms with Crippen molar-refractivity contribution in [2.45, 2.75) is 6.92 Å². The van der Waals surface area contributed by atoms with E-state index in [1.54, 1.807) is 12.3 Å². The van der Waals surface area contributed by atoms with Crippen LogP contribution in [-0.2, 0) is 0 Å². The van der Waals surface area contributed by atoms with E-state index < -0.39 is 0 Å². The highest BCUT2D eigenvalue weighted by atomic mass is 79.9. The average Bonchev–Trinajstić information content (AvgIpc) is 2.39. The summed E-state index contributed by atoms with van der Waals surface area (Å²) in [6, 6.07) is 4.74. The summed E-state index contributed by atoms with van der Waals surface area (Å²) in [5, 5.41) is 3.21. The number of carbonyl (C=O) groups excluding carboxylic acids is 1. The zero-order valence-corrected chi connectivity index (χ0v) is 13.5. The fourth-order valence-electron chi connectivity index (χ4n) is 1.55. The molecule has 20 heavy (non-hydrogen) atoms. The summed E-state index contributed by atoms with van der Waals surface area (Å²) in [5.74, 6) is -0.336. The number of halogens is 3. The Hall–Kier alpha value is -1.30. The number of aryl methyl sites for hydroxylation is 1. The van der Waals surface area contributed by atoms with Crippen LogP contribution in [0.1, 0.15) is 15.9 Å². The Kier molecular flexibility index (Phi) is 4.52. The third-order valence-electron chi connectivity index (χ3n) is 2.61. The van der Waals surface area contributed by atoms with E-state index in [1.165, 1.54) is 12.1 Å². The molecule has 0 saturated heterocycles. The van der Waals surface area contributed by atoms with Crippen molar-refractivity contribution in [3.8, 4) is 0 Å². The Labute approximate surface area is 134 Å². The number of nitrogens with zero attached hydrogens (tertiary/aromatic N) is 1. The van der Waals surface area contributed by atoms with Gasteiger partial charge in [-0.15, -0.1) is 0 Å². The molecule has 0 fully saturated rings. The standard InChI is InChI=1S/C13H10BrCl2N3O/c1-6-2-8(5-18-12(6)14)19-13(20)7-3-9(15)11(17)10(16)4-7/h2-5H,17H2,1H3,(H,19,20). The number of hydrogen-bond acceptors (Lipinski definition) is 3. The van der Waals surface area contributed by atoms with Gasteiger partial charge in [-0.05, 0) is 46.6 Å². The predicted molar refractivity (Wildman–Crippen MR) is 85.5 cm³/mol. The summed E-state index contributed by atoms with van der Waals surface area (Å²) in [7, 11) is 0. The van der Waals surface area contributed by atoms with E-state index in [4.69, 9.17) is 28.9 Å². The van der Waals surface area contributed by atoms with Crippen LogP contribution in [0.15, 0.2) is 29.0 Å². The van der Waals surface area contributed by atoms with Crippen LogP contribution in [0.5, 0.6) is 0 Å². The van der Waals surface area contributed by atoms with Gasteiger partial charge in [0.15, 0.2) is 0 Å². The molecule has 2 rings (SSSR count). The van der Waals surface area contributed by atoms with Gasteiger partial charge in [-0.3, -0.25) is 4.79 Å². The molecule has 0 aliphatic heterocycles. The second-order valence-corrected chi connectivity index (χ2v) is 5.70. The van der Waals surface area contributed by atoms with Gasteiger partial charge in [0.1, 0.15) is 4.60 Å². The summed E-state index contributed by atoms with van der Waals surface area (Å²) in [6.07, 6.45) is 1.55. The first-order chi connectivity index (χ1) is 9.38. The van der Waals surface area contributed by atoms with Gasteiger partial charge in [0.2, 0.25) is 0 Å². The monoisotopic (exact) mass is 373 g/mol. The molecule has 1 aromatic carbocycles. The minimum absolute atomic E-state index is 0.243. The van der Waals surface area contributed by atoms with Crippen molar-refractivity contribution in [1.29, 1.82) is 0 Å². The quantitative estimate of drug-likeness (QED) is 0.608. The number of carbonyl (C=O) groups is 1. The third kappa shape index (κ3) is 3.23. The van der Waals surface area contributed by atoms with Crippen LogP contribution >= 0.6 is 39.1 Å². The fraction of sp³-hybridized carbons (Fsp3) is 0.0769. The van der Waals surface area contributed by atoms with Crippen LogP contribution in [0.3, 0.4) is 0 Å². The van der Waals surface area contributed by atoms with Crippen LogP contribution in [-0.4, -0.2) is 10.9 Å². The Bertz CT molecular complexity index is 668. The van der Waals surface area contributed by atoms with Crippen molar-refractivity contribution in [3.05, 3.63) is 50.2 Å². The zero-order chi connectivity index (χ0) is 14.9. The molecule has 0 aliphatic carbocycles. The molecule has 0 radical (unpaired) electrons. The summed E-state index contributed by atoms with van der Waals surface area (Å²) in [4.78, 5) is 16.2. The second kappa shape index (κ2) is 5.99. The smallest absolute Gasteiger partial charge is 0.255 e. The maximum absolute atomic E-state index is 12.1. The molecule has 1 aromatic heterocycles. The molecule has 104 valence electrons. The molecule has 2 aromatic rings. The molecule has 0 bridgehead atoms. The lowest BCUT2D eigenvalue weighted by molar-refractivity contribution is 0.102. The van der Waals surface area contributed by atoms with Crippen LogP contribution in [0, 0.1) is 6.92 Å². The second-order valence-electron chi connectivity index (χ2n) is 4.14. The molecule has 7 heteroatoms. The molecule has 0 saturated carbocycles. The van der Waals surface area contributed by atoms with Gasteiger partial charge in [-0.25, -0.2) is 4.98 Å². The van der Waals surface area contributed by atoms with E-state index in [0.717, 1.165) is 10.2 Å². The van der Waals surface area contributed by atoms with Crippen molar-refractivity contribution < 1.29 is 4.79 Å². The lowest BCUT2D eigenvalue weighted by atomic mass is 10.2. The van der Waals surface area contributed by atoms with Gasteiger partial charge in [0, 0.05) is 5.56 Å². The Morgan fingerprint density at radius 1 is 1.30 bits per heavy atom. The Morgan fingerprint density at radius 3 is 2.45 bits per heavy atom. The van der Waals surface area contributed by atoms with Gasteiger partial charge < -0.3 is 11.1 Å². The van der Waals surface area contributed by atoms with Gasteiger partial charge >= 0.3 is 0 Å². The van der Waals surface area contributed by atoms with E-state index in [0.29, 0.717) is 11.3 Å². The van der Waals surface area contributed by atoms with E-state index in [2.05, 4.69) is 26.2 Å². The SMILES string of the molecule is Cc1cc(NC(=O)c2cc(Cl)c(N)c(Cl)c2)cnc1Br. The molecule has 0 unspecified atom stereocenters. The number of hydrogen-bond donors (Lipinski definition) is 2. The molecule has 0 atom stereocenters. The van der Waals surface area contributed by atoms with Crippen molar-refractivity contribution in [2.24, 2.45) is 0 Å². The number of pyridine rings is 1. The van der Waals surface area contributed by atoms with Gasteiger partial charge in [-0.1, -0.05) is 23.2 Å². The first-order valence-corrected chi connectivity index (χ1v) is 7.11. The summed E-state index contributed by atoms with van der Waals surface area (Å²) < 4.78 is 0.731. The highest BCUT2D eigenvalue weighted by molar-refractivity contribution is 9.10. The van der Waals surface area contributed by atoms with E-state index >= 15 is 0 Å². The number of aromatic nitrogens is 1. The summed E-state index contributed by atoms with van der Waals surface area (Å²) in [6.45, 7) is 1.88. The first kappa shape index (κ1) is 15.1. The molecule has 0 spiro atoms. The first-order valence-electron chi connectivity index (χ1n) is 5.56. The number of rotatable bonds is 2. The third-order valence-corrected chi connectivity index (χ3v) is 4.07. The lowest BCUT2D eigenvalue weighted by Gasteiger charge is -2.08. The van der Waals surface area contributed by atoms with Crippen molar-refractivity contribution >= 4 is 56.4 Å². The number of nitrogens with two attached hydrogens (primary N) is 1. The largest absolute Gasteiger partial charge is 0.396 e. The maximum Gasteiger partial charge on any atom is 0.255 e. The fourth-order valence-corrected chi connectivity index (χ4v) is 2.25. The number of anilines is 2. The van der Waals surface area contributed by atoms with E-state index in [9.17, 15) is 4.79 Å². The van der Waals surface area contributed by atoms with Gasteiger partial charge in [0.25, 0.3) is 5.91 Å². The molecule has 4 nitrogen and oxygen atoms in total. The molecule has 0 aliphatic rings. The van der Waals surface area contributed by atoms with Crippen molar-refractivity contribution in [2.75, 3.05) is 11.1 Å². The van der Waals surface area contributed by atoms with Crippen molar-refractivity contribution in [1.82, 2.24) is 4.98 Å². The number of benzene rings is 1.